The van der Waals surface area contributed by atoms with Crippen LogP contribution in [0, 0.1) is 12.8 Å². The maximum Gasteiger partial charge on any atom is 0.302 e. The first-order valence-corrected chi connectivity index (χ1v) is 9.48. The smallest absolute Gasteiger partial charge is 0.297 e. The molecule has 0 aliphatic carbocycles. The Morgan fingerprint density at radius 3 is 2.83 bits per heavy atom. The third-order valence-electron chi connectivity index (χ3n) is 3.71. The van der Waals surface area contributed by atoms with E-state index in [1.165, 1.54) is 9.78 Å². The highest BCUT2D eigenvalue weighted by Gasteiger charge is 2.35. The van der Waals surface area contributed by atoms with Crippen molar-refractivity contribution in [3.05, 3.63) is 34.2 Å². The van der Waals surface area contributed by atoms with Gasteiger partial charge >= 0.3 is 10.2 Å². The maximum absolute atomic E-state index is 12.8. The van der Waals surface area contributed by atoms with E-state index < -0.39 is 21.9 Å². The van der Waals surface area contributed by atoms with E-state index in [4.69, 9.17) is 0 Å². The largest absolute Gasteiger partial charge is 0.302 e. The summed E-state index contributed by atoms with van der Waals surface area (Å²) in [5, 5.41) is 4.24. The van der Waals surface area contributed by atoms with E-state index in [-0.39, 0.29) is 18.9 Å². The zero-order chi connectivity index (χ0) is 16.6. The lowest BCUT2D eigenvalue weighted by Crippen LogP contribution is -2.28. The number of hydrogen-bond acceptors (Lipinski definition) is 5. The molecule has 2 aromatic rings. The highest BCUT2D eigenvalue weighted by molar-refractivity contribution is 7.86. The molecular formula is C14H16FN3O3S2. The van der Waals surface area contributed by atoms with Gasteiger partial charge in [-0.3, -0.25) is 9.69 Å². The molecule has 0 radical (unpaired) electrons. The first-order chi connectivity index (χ1) is 10.8. The van der Waals surface area contributed by atoms with E-state index in [9.17, 15) is 17.1 Å². The number of nitrogens with zero attached hydrogens (tertiary/aromatic N) is 3. The van der Waals surface area contributed by atoms with Crippen molar-refractivity contribution in [3.63, 3.8) is 0 Å². The first-order valence-electron chi connectivity index (χ1n) is 7.11. The second-order valence-electron chi connectivity index (χ2n) is 5.64. The van der Waals surface area contributed by atoms with Gasteiger partial charge < -0.3 is 0 Å². The highest BCUT2D eigenvalue weighted by Crippen LogP contribution is 2.27. The van der Waals surface area contributed by atoms with Crippen molar-refractivity contribution in [2.24, 2.45) is 5.92 Å². The Kier molecular flexibility index (Phi) is 4.24. The third kappa shape index (κ3) is 3.78. The molecule has 1 unspecified atom stereocenters. The molecule has 6 nitrogen and oxygen atoms in total. The summed E-state index contributed by atoms with van der Waals surface area (Å²) in [6.07, 6.45) is 1.63. The van der Waals surface area contributed by atoms with E-state index in [0.29, 0.717) is 12.4 Å². The standard InChI is InChI=1S/C14H16FN3O3S2/c1-10-2-3-12(22-10)8-18-13(4-5-16-18)17-7-11(6-14(17)19)9-23(15,20)21/h2-5,11H,6-9H2,1H3. The van der Waals surface area contributed by atoms with Gasteiger partial charge in [-0.2, -0.15) is 13.5 Å². The van der Waals surface area contributed by atoms with E-state index in [2.05, 4.69) is 5.10 Å². The van der Waals surface area contributed by atoms with Crippen LogP contribution in [0.1, 0.15) is 16.2 Å². The average Bonchev–Trinajstić information content (AvgIpc) is 3.10. The number of amides is 1. The minimum Gasteiger partial charge on any atom is -0.297 e. The van der Waals surface area contributed by atoms with Gasteiger partial charge in [-0.25, -0.2) is 4.68 Å². The Morgan fingerprint density at radius 1 is 1.39 bits per heavy atom. The Labute approximate surface area is 137 Å². The second kappa shape index (κ2) is 6.04. The molecule has 3 heterocycles. The van der Waals surface area contributed by atoms with Crippen molar-refractivity contribution < 1.29 is 17.1 Å². The van der Waals surface area contributed by atoms with Crippen molar-refractivity contribution in [1.82, 2.24) is 9.78 Å². The van der Waals surface area contributed by atoms with Gasteiger partial charge in [0.05, 0.1) is 18.5 Å². The number of aryl methyl sites for hydroxylation is 1. The summed E-state index contributed by atoms with van der Waals surface area (Å²) in [4.78, 5) is 15.9. The summed E-state index contributed by atoms with van der Waals surface area (Å²) in [5.74, 6) is -0.736. The molecule has 0 aromatic carbocycles. The van der Waals surface area contributed by atoms with Gasteiger partial charge in [0.2, 0.25) is 5.91 Å². The van der Waals surface area contributed by atoms with Crippen LogP contribution in [-0.2, 0) is 21.6 Å². The fourth-order valence-corrected chi connectivity index (χ4v) is 4.45. The molecule has 1 fully saturated rings. The molecule has 1 saturated heterocycles. The van der Waals surface area contributed by atoms with Gasteiger partial charge in [-0.1, -0.05) is 0 Å². The SMILES string of the molecule is Cc1ccc(Cn2nccc2N2CC(CS(=O)(=O)F)CC2=O)s1. The van der Waals surface area contributed by atoms with Crippen LogP contribution in [0.25, 0.3) is 0 Å². The van der Waals surface area contributed by atoms with Crippen LogP contribution in [0.3, 0.4) is 0 Å². The van der Waals surface area contributed by atoms with Gasteiger partial charge in [0, 0.05) is 34.7 Å². The molecule has 0 N–H and O–H groups in total. The topological polar surface area (TPSA) is 72.3 Å². The number of carbonyl (C=O) groups is 1. The number of rotatable bonds is 5. The van der Waals surface area contributed by atoms with Crippen molar-refractivity contribution in [2.75, 3.05) is 17.2 Å². The summed E-state index contributed by atoms with van der Waals surface area (Å²) >= 11 is 1.65. The molecule has 1 aliphatic heterocycles. The minimum absolute atomic E-state index is 0.0342. The molecule has 0 saturated carbocycles. The molecule has 9 heteroatoms. The Bertz CT molecular complexity index is 828. The lowest BCUT2D eigenvalue weighted by molar-refractivity contribution is -0.117. The lowest BCUT2D eigenvalue weighted by atomic mass is 10.1. The zero-order valence-corrected chi connectivity index (χ0v) is 14.1. The van der Waals surface area contributed by atoms with Crippen LogP contribution in [0.2, 0.25) is 0 Å². The van der Waals surface area contributed by atoms with Crippen molar-refractivity contribution in [2.45, 2.75) is 19.9 Å². The van der Waals surface area contributed by atoms with Gasteiger partial charge in [0.15, 0.2) is 0 Å². The molecule has 3 rings (SSSR count). The van der Waals surface area contributed by atoms with E-state index >= 15 is 0 Å². The minimum atomic E-state index is -4.58. The quantitative estimate of drug-likeness (QED) is 0.767. The molecule has 1 amide bonds. The molecule has 0 spiro atoms. The number of halogens is 1. The summed E-state index contributed by atoms with van der Waals surface area (Å²) < 4.78 is 36.1. The molecule has 1 aliphatic rings. The monoisotopic (exact) mass is 357 g/mol. The predicted octanol–water partition coefficient (Wildman–Crippen LogP) is 1.95. The Morgan fingerprint density at radius 2 is 2.17 bits per heavy atom. The number of anilines is 1. The molecular weight excluding hydrogens is 341 g/mol. The molecule has 23 heavy (non-hydrogen) atoms. The van der Waals surface area contributed by atoms with E-state index in [1.54, 1.807) is 28.3 Å². The fraction of sp³-hybridized carbons (Fsp3) is 0.429. The number of hydrogen-bond donors (Lipinski definition) is 0. The van der Waals surface area contributed by atoms with Crippen LogP contribution in [0.4, 0.5) is 9.70 Å². The first kappa shape index (κ1) is 16.1. The summed E-state index contributed by atoms with van der Waals surface area (Å²) in [7, 11) is -4.58. The van der Waals surface area contributed by atoms with E-state index in [0.717, 1.165) is 4.88 Å². The van der Waals surface area contributed by atoms with Crippen molar-refractivity contribution in [1.29, 1.82) is 0 Å². The normalized spacial score (nSPS) is 18.8. The molecule has 0 bridgehead atoms. The number of carbonyl (C=O) groups excluding carboxylic acids is 1. The maximum atomic E-state index is 12.8. The molecule has 124 valence electrons. The Balaban J connectivity index is 1.77. The number of thiophene rings is 1. The summed E-state index contributed by atoms with van der Waals surface area (Å²) in [5.41, 5.74) is 0. The van der Waals surface area contributed by atoms with Gasteiger partial charge in [-0.15, -0.1) is 15.2 Å². The van der Waals surface area contributed by atoms with Crippen LogP contribution in [0.5, 0.6) is 0 Å². The Hall–Kier alpha value is -1.74. The highest BCUT2D eigenvalue weighted by atomic mass is 32.3. The van der Waals surface area contributed by atoms with Crippen LogP contribution in [0.15, 0.2) is 24.4 Å². The lowest BCUT2D eigenvalue weighted by Gasteiger charge is -2.17. The van der Waals surface area contributed by atoms with Crippen LogP contribution < -0.4 is 4.90 Å². The van der Waals surface area contributed by atoms with Crippen molar-refractivity contribution >= 4 is 33.3 Å². The zero-order valence-electron chi connectivity index (χ0n) is 12.5. The third-order valence-corrected chi connectivity index (χ3v) is 5.57. The van der Waals surface area contributed by atoms with Crippen LogP contribution in [-0.4, -0.2) is 36.4 Å². The summed E-state index contributed by atoms with van der Waals surface area (Å²) in [6, 6.07) is 5.74. The van der Waals surface area contributed by atoms with Crippen molar-refractivity contribution in [3.8, 4) is 0 Å². The van der Waals surface area contributed by atoms with Gasteiger partial charge in [-0.05, 0) is 19.1 Å². The fourth-order valence-electron chi connectivity index (χ4n) is 2.79. The summed E-state index contributed by atoms with van der Waals surface area (Å²) in [6.45, 7) is 2.75. The van der Waals surface area contributed by atoms with Crippen LogP contribution >= 0.6 is 11.3 Å². The average molecular weight is 357 g/mol. The van der Waals surface area contributed by atoms with Gasteiger partial charge in [0.25, 0.3) is 0 Å². The molecule has 2 aromatic heterocycles. The van der Waals surface area contributed by atoms with E-state index in [1.807, 2.05) is 19.1 Å². The second-order valence-corrected chi connectivity index (χ2v) is 8.42. The number of aromatic nitrogens is 2. The molecule has 1 atom stereocenters. The predicted molar refractivity (Wildman–Crippen MR) is 85.7 cm³/mol. The van der Waals surface area contributed by atoms with Gasteiger partial charge in [0.1, 0.15) is 5.82 Å².